The van der Waals surface area contributed by atoms with Gasteiger partial charge in [-0.15, -0.1) is 52.3 Å². The number of aromatic nitrogens is 10. The lowest BCUT2D eigenvalue weighted by atomic mass is 9.68. The first-order chi connectivity index (χ1) is 69.5. The number of benzene rings is 4. The number of aliphatic imine (C=N–C) groups is 4. The molecule has 3 fully saturated rings. The van der Waals surface area contributed by atoms with Crippen LogP contribution < -0.4 is 22.9 Å². The van der Waals surface area contributed by atoms with Crippen LogP contribution in [0.4, 0.5) is 0 Å². The van der Waals surface area contributed by atoms with Crippen LogP contribution in [0.25, 0.3) is 44.2 Å². The summed E-state index contributed by atoms with van der Waals surface area (Å²) in [7, 11) is 10.2. The number of rotatable bonds is 15. The Morgan fingerprint density at radius 2 is 0.904 bits per heavy atom. The molecule has 7 aliphatic rings. The van der Waals surface area contributed by atoms with Crippen LogP contribution in [0.1, 0.15) is 237 Å². The van der Waals surface area contributed by atoms with Gasteiger partial charge in [0.25, 0.3) is 0 Å². The Hall–Kier alpha value is -16.0. The van der Waals surface area contributed by atoms with Crippen molar-refractivity contribution in [2.24, 2.45) is 73.6 Å². The largest absolute Gasteiger partial charge is 0.369 e. The predicted octanol–water partition coefficient (Wildman–Crippen LogP) is 16.6. The van der Waals surface area contributed by atoms with E-state index in [2.05, 4.69) is 196 Å². The molecule has 5 amide bonds. The number of carbonyl (C=O) groups excluding carboxylic acids is 5. The van der Waals surface area contributed by atoms with Gasteiger partial charge in [-0.1, -0.05) is 132 Å². The number of thiophene rings is 1. The Morgan fingerprint density at radius 1 is 0.459 bits per heavy atom. The highest BCUT2D eigenvalue weighted by Gasteiger charge is 2.57. The summed E-state index contributed by atoms with van der Waals surface area (Å²) < 4.78 is 5.35. The van der Waals surface area contributed by atoms with E-state index in [-0.39, 0.29) is 77.0 Å². The molecule has 29 nitrogen and oxygen atoms in total. The lowest BCUT2D eigenvalue weighted by Crippen LogP contribution is -2.54. The van der Waals surface area contributed by atoms with E-state index < -0.39 is 39.4 Å². The molecule has 9 N–H and O–H groups in total. The smallest absolute Gasteiger partial charge is 0.239 e. The Morgan fingerprint density at radius 3 is 1.39 bits per heavy atom. The Balaban J connectivity index is 0.000000138. The number of nitrogens with zero attached hydrogens (tertiary/aromatic N) is 19. The summed E-state index contributed by atoms with van der Waals surface area (Å²) in [5.74, 6) is 30.7. The van der Waals surface area contributed by atoms with E-state index in [9.17, 15) is 24.0 Å². The van der Waals surface area contributed by atoms with Gasteiger partial charge < -0.3 is 27.8 Å². The summed E-state index contributed by atoms with van der Waals surface area (Å²) in [5.41, 5.74) is 38.5. The third-order valence-corrected chi connectivity index (χ3v) is 30.6. The van der Waals surface area contributed by atoms with Crippen molar-refractivity contribution >= 4 is 81.9 Å². The van der Waals surface area contributed by atoms with Gasteiger partial charge in [0.2, 0.25) is 29.5 Å². The molecule has 0 spiro atoms. The molecule has 4 aromatic carbocycles. The number of hydrogen-bond acceptors (Lipinski definition) is 23. The van der Waals surface area contributed by atoms with Gasteiger partial charge in [0.05, 0.1) is 70.1 Å². The summed E-state index contributed by atoms with van der Waals surface area (Å²) in [6.45, 7) is 29.8. The van der Waals surface area contributed by atoms with Crippen LogP contribution in [0.2, 0.25) is 0 Å². The maximum absolute atomic E-state index is 13.5. The second-order valence-corrected chi connectivity index (χ2v) is 42.0. The average Bonchev–Trinajstić information content (AvgIpc) is 1.51. The highest BCUT2D eigenvalue weighted by atomic mass is 32.1. The molecule has 31 heteroatoms. The topological polar surface area (TPSA) is 384 Å². The van der Waals surface area contributed by atoms with Crippen molar-refractivity contribution in [3.63, 3.8) is 0 Å². The summed E-state index contributed by atoms with van der Waals surface area (Å²) in [6, 6.07) is 42.4. The van der Waals surface area contributed by atoms with Crippen LogP contribution in [-0.2, 0) is 64.0 Å². The molecule has 2 aliphatic carbocycles. The molecule has 12 aromatic rings. The second-order valence-electron chi connectivity index (χ2n) is 40.0. The molecule has 0 bridgehead atoms. The maximum atomic E-state index is 13.5. The monoisotopic (exact) mass is 1980 g/mol. The van der Waals surface area contributed by atoms with Crippen molar-refractivity contribution in [3.05, 3.63) is 278 Å². The number of guanidine groups is 4. The minimum Gasteiger partial charge on any atom is -0.369 e. The zero-order valence-corrected chi connectivity index (χ0v) is 88.1. The normalized spacial score (nSPS) is 22.1. The molecule has 1 unspecified atom stereocenters. The van der Waals surface area contributed by atoms with Gasteiger partial charge >= 0.3 is 0 Å². The van der Waals surface area contributed by atoms with Gasteiger partial charge in [-0.05, 0) is 211 Å². The number of aryl methyl sites for hydroxylation is 1. The molecule has 8 aromatic heterocycles. The van der Waals surface area contributed by atoms with Crippen molar-refractivity contribution in [1.29, 1.82) is 5.41 Å². The molecular formula is C115H124N24O5S2. The van der Waals surface area contributed by atoms with E-state index in [0.29, 0.717) is 30.0 Å². The van der Waals surface area contributed by atoms with Crippen molar-refractivity contribution < 1.29 is 24.0 Å². The summed E-state index contributed by atoms with van der Waals surface area (Å²) in [5, 5.41) is 25.0. The zero-order valence-electron chi connectivity index (χ0n) is 86.5. The van der Waals surface area contributed by atoms with Crippen LogP contribution in [-0.4, -0.2) is 168 Å². The van der Waals surface area contributed by atoms with Crippen LogP contribution in [0, 0.1) is 88.3 Å². The summed E-state index contributed by atoms with van der Waals surface area (Å²) in [4.78, 5) is 111. The summed E-state index contributed by atoms with van der Waals surface area (Å²) in [6.07, 6.45) is 24.8. The van der Waals surface area contributed by atoms with E-state index in [4.69, 9.17) is 48.3 Å². The molecule has 146 heavy (non-hydrogen) atoms. The second kappa shape index (κ2) is 42.5. The van der Waals surface area contributed by atoms with Gasteiger partial charge in [0.15, 0.2) is 23.8 Å². The van der Waals surface area contributed by atoms with Crippen LogP contribution >= 0.6 is 22.7 Å². The number of pyridine rings is 3. The van der Waals surface area contributed by atoms with Gasteiger partial charge in [-0.25, -0.2) is 34.3 Å². The number of nitrogens with two attached hydrogens (primary N) is 4. The van der Waals surface area contributed by atoms with Crippen LogP contribution in [0.5, 0.6) is 0 Å². The average molecular weight is 1990 g/mol. The standard InChI is InChI=1S/C28H30N4OS.C27H28N4OS.2C21H23N5O.C18H20N6O/c1-7-8-18-13-20(16-30-15-18)21-14-23(34-17-21)28(5)24(25(33)32(6)26(29)31-28)19-9-11-22(12-10-19)27(2,3)4;1-6-7-18-12-21(15-29-14-18)22-16-30-26(33-22)27(4)13-23(28)31(5)25(32)24(27)20-10-8-19(9-11-20)17(2)3;2*1-4-6-14-7-5-8-17(11-14)26-13-16(12-23-26)21(2)18(15-9-10-15)19(27)25(3)20(22)24-21;1-5-6-12-7-13(11-20-10-12)14-8-15(24(4)22-14)18(2)9-16(25)23(3)17(19)21-18/h9-17,24H,1-6H3,(H2,29,31);8-12,14-17,24,28H,13H2,1-5H3;2*5,7-8,11-13,15,18H,9-10H2,1-3H3,(H2,22,24);7-8,10-11H,9H2,1-4H3,(H2,19,21)/t24-,28+;24?,27-;18-,21+;18-,21-;18-/m00010/s1. The molecular weight excluding hydrogens is 1860 g/mol. The van der Waals surface area contributed by atoms with Crippen LogP contribution in [0.15, 0.2) is 221 Å². The van der Waals surface area contributed by atoms with Crippen molar-refractivity contribution in [2.45, 2.75) is 193 Å². The first-order valence-electron chi connectivity index (χ1n) is 48.5. The number of hydrogen-bond donors (Lipinski definition) is 5. The van der Waals surface area contributed by atoms with E-state index in [0.717, 1.165) is 136 Å². The molecule has 1 saturated heterocycles. The van der Waals surface area contributed by atoms with E-state index in [1.807, 2.05) is 159 Å². The molecule has 5 aliphatic heterocycles. The van der Waals surface area contributed by atoms with Crippen molar-refractivity contribution in [2.75, 3.05) is 35.2 Å². The zero-order chi connectivity index (χ0) is 105. The number of piperidine rings is 1. The number of amides is 5. The maximum Gasteiger partial charge on any atom is 0.239 e. The number of amidine groups is 1. The Labute approximate surface area is 862 Å². The quantitative estimate of drug-likeness (QED) is 0.0595. The lowest BCUT2D eigenvalue weighted by molar-refractivity contribution is -0.135. The molecule has 746 valence electrons. The van der Waals surface area contributed by atoms with Crippen LogP contribution in [0.3, 0.4) is 0 Å². The fourth-order valence-electron chi connectivity index (χ4n) is 19.4. The minimum absolute atomic E-state index is 0.0329. The third-order valence-electron chi connectivity index (χ3n) is 28.1. The van der Waals surface area contributed by atoms with Gasteiger partial charge in [-0.3, -0.25) is 68.6 Å². The third kappa shape index (κ3) is 21.6. The number of carbonyl (C=O) groups is 5. The first kappa shape index (κ1) is 104. The molecule has 13 heterocycles. The minimum atomic E-state index is -0.825. The number of likely N-dealkylation sites (N-methyl/N-ethyl adjacent to an activating group) is 2. The SMILES string of the molecule is CC#Cc1cccc(-n2cc([C@@]3(C)N=C(N)N(C)C(=O)[C@@H]3C3CC3)cn2)c1.CC#Cc1cccc(-n2cc([C@@]3(C)N=C(N)N(C)C(=O)[C@H]3C3CC3)cn2)c1.CC#Cc1cncc(-c2cc([C@]3(C)CC(=O)N(C)C(N)=N3)n(C)n2)c1.CC#Cc1cncc(-c2cnc([C@@]3(C)CC(=N)N(C)C(=O)C3c3ccc(C(C)C)cc3)s2)c1.CC#Cc1cncc(-c2csc([C@@]3(C)N=C(N)N(C)C(=O)[C@@H]3c3ccc(C(C)(C)C)cc3)c2)c1. The highest BCUT2D eigenvalue weighted by molar-refractivity contribution is 7.15. The lowest BCUT2D eigenvalue weighted by Gasteiger charge is -2.43. The molecule has 2 saturated carbocycles. The fraction of sp³-hybridized carbons (Fsp3) is 0.348. The number of likely N-dealkylation sites (tertiary alicyclic amines) is 1. The summed E-state index contributed by atoms with van der Waals surface area (Å²) >= 11 is 3.15. The van der Waals surface area contributed by atoms with Crippen molar-refractivity contribution in [1.82, 2.24) is 73.8 Å². The van der Waals surface area contributed by atoms with Gasteiger partial charge in [0.1, 0.15) is 33.0 Å². The number of nitrogens with one attached hydrogen (secondary N) is 1. The van der Waals surface area contributed by atoms with E-state index in [1.165, 1.54) is 35.6 Å². The van der Waals surface area contributed by atoms with Crippen molar-refractivity contribution in [3.8, 4) is 103 Å². The molecule has 0 radical (unpaired) electrons. The molecule has 19 rings (SSSR count). The van der Waals surface area contributed by atoms with Gasteiger partial charge in [0, 0.05) is 170 Å². The Bertz CT molecular complexity index is 7390. The van der Waals surface area contributed by atoms with E-state index in [1.54, 1.807) is 123 Å². The number of thiazole rings is 1. The first-order valence-corrected chi connectivity index (χ1v) is 50.2. The predicted molar refractivity (Wildman–Crippen MR) is 577 cm³/mol. The Kier molecular flexibility index (Phi) is 30.4. The van der Waals surface area contributed by atoms with E-state index >= 15 is 0 Å². The fourth-order valence-corrected chi connectivity index (χ4v) is 21.6. The van der Waals surface area contributed by atoms with Gasteiger partial charge in [-0.2, -0.15) is 15.3 Å². The highest BCUT2D eigenvalue weighted by Crippen LogP contribution is 2.54. The molecule has 9 atom stereocenters.